The summed E-state index contributed by atoms with van der Waals surface area (Å²) in [7, 11) is 1.70. The minimum atomic E-state index is 0.709. The monoisotopic (exact) mass is 327 g/mol. The Balaban J connectivity index is 2.57. The van der Waals surface area contributed by atoms with Gasteiger partial charge in [0.25, 0.3) is 0 Å². The van der Waals surface area contributed by atoms with Crippen molar-refractivity contribution in [1.29, 1.82) is 0 Å². The van der Waals surface area contributed by atoms with Gasteiger partial charge in [-0.05, 0) is 48.1 Å². The molecule has 0 atom stereocenters. The maximum atomic E-state index is 5.27. The van der Waals surface area contributed by atoms with E-state index in [4.69, 9.17) is 4.74 Å². The molecule has 2 nitrogen and oxygen atoms in total. The van der Waals surface area contributed by atoms with E-state index in [9.17, 15) is 0 Å². The van der Waals surface area contributed by atoms with Crippen LogP contribution in [0, 0.1) is 17.8 Å². The summed E-state index contributed by atoms with van der Waals surface area (Å²) in [6, 6.07) is 6.09. The highest BCUT2D eigenvalue weighted by molar-refractivity contribution is 9.10. The van der Waals surface area contributed by atoms with Gasteiger partial charge in [-0.1, -0.05) is 43.6 Å². The van der Waals surface area contributed by atoms with E-state index in [1.165, 1.54) is 5.56 Å². The molecule has 0 fully saturated rings. The minimum Gasteiger partial charge on any atom is -0.497 e. The number of hydrogen-bond donors (Lipinski definition) is 1. The number of methoxy groups -OCH3 is 1. The number of benzene rings is 1. The van der Waals surface area contributed by atoms with E-state index in [-0.39, 0.29) is 0 Å². The summed E-state index contributed by atoms with van der Waals surface area (Å²) in [6.07, 6.45) is 0. The van der Waals surface area contributed by atoms with E-state index < -0.39 is 0 Å². The van der Waals surface area contributed by atoms with Gasteiger partial charge >= 0.3 is 0 Å². The largest absolute Gasteiger partial charge is 0.497 e. The molecule has 1 rings (SSSR count). The van der Waals surface area contributed by atoms with Gasteiger partial charge in [-0.3, -0.25) is 0 Å². The van der Waals surface area contributed by atoms with Crippen molar-refractivity contribution in [2.45, 2.75) is 34.2 Å². The normalized spacial score (nSPS) is 11.6. The molecular weight excluding hydrogens is 302 g/mol. The molecular formula is C16H26BrNO. The number of halogens is 1. The third-order valence-corrected chi connectivity index (χ3v) is 4.43. The van der Waals surface area contributed by atoms with Crippen LogP contribution in [-0.4, -0.2) is 13.7 Å². The second-order valence-electron chi connectivity index (χ2n) is 5.74. The average molecular weight is 328 g/mol. The highest BCUT2D eigenvalue weighted by Crippen LogP contribution is 2.23. The summed E-state index contributed by atoms with van der Waals surface area (Å²) in [5.41, 5.74) is 1.24. The first kappa shape index (κ1) is 16.5. The fraction of sp³-hybridized carbons (Fsp3) is 0.625. The maximum absolute atomic E-state index is 5.27. The summed E-state index contributed by atoms with van der Waals surface area (Å²) in [5.74, 6) is 3.04. The molecule has 19 heavy (non-hydrogen) atoms. The van der Waals surface area contributed by atoms with Crippen molar-refractivity contribution < 1.29 is 4.74 Å². The van der Waals surface area contributed by atoms with E-state index in [0.29, 0.717) is 17.8 Å². The molecule has 1 N–H and O–H groups in total. The van der Waals surface area contributed by atoms with Gasteiger partial charge in [0.1, 0.15) is 5.75 Å². The number of nitrogens with one attached hydrogen (secondary N) is 1. The Morgan fingerprint density at radius 3 is 2.32 bits per heavy atom. The summed E-state index contributed by atoms with van der Waals surface area (Å²) >= 11 is 3.59. The Labute approximate surface area is 126 Å². The van der Waals surface area contributed by atoms with E-state index in [2.05, 4.69) is 55.0 Å². The molecule has 0 heterocycles. The second-order valence-corrected chi connectivity index (χ2v) is 6.59. The van der Waals surface area contributed by atoms with Crippen LogP contribution in [0.4, 0.5) is 0 Å². The van der Waals surface area contributed by atoms with Crippen molar-refractivity contribution in [2.24, 2.45) is 17.8 Å². The van der Waals surface area contributed by atoms with E-state index in [1.54, 1.807) is 7.11 Å². The van der Waals surface area contributed by atoms with Crippen molar-refractivity contribution >= 4 is 15.9 Å². The van der Waals surface area contributed by atoms with Gasteiger partial charge in [-0.25, -0.2) is 0 Å². The molecule has 1 aromatic rings. The van der Waals surface area contributed by atoms with Gasteiger partial charge in [0.2, 0.25) is 0 Å². The molecule has 0 unspecified atom stereocenters. The summed E-state index contributed by atoms with van der Waals surface area (Å²) < 4.78 is 6.40. The van der Waals surface area contributed by atoms with Gasteiger partial charge in [0.15, 0.2) is 0 Å². The molecule has 0 saturated heterocycles. The van der Waals surface area contributed by atoms with E-state index in [1.807, 2.05) is 12.1 Å². The smallest absolute Gasteiger partial charge is 0.119 e. The van der Waals surface area contributed by atoms with Gasteiger partial charge in [0, 0.05) is 11.0 Å². The summed E-state index contributed by atoms with van der Waals surface area (Å²) in [6.45, 7) is 11.1. The van der Waals surface area contributed by atoms with Crippen LogP contribution in [0.3, 0.4) is 0 Å². The zero-order valence-electron chi connectivity index (χ0n) is 12.7. The molecule has 0 aromatic heterocycles. The highest BCUT2D eigenvalue weighted by atomic mass is 79.9. The molecule has 0 amide bonds. The molecule has 0 aliphatic carbocycles. The predicted molar refractivity (Wildman–Crippen MR) is 85.6 cm³/mol. The van der Waals surface area contributed by atoms with Crippen LogP contribution in [0.25, 0.3) is 0 Å². The predicted octanol–water partition coefficient (Wildman–Crippen LogP) is 4.48. The van der Waals surface area contributed by atoms with Crippen LogP contribution >= 0.6 is 15.9 Å². The molecule has 0 bridgehead atoms. The van der Waals surface area contributed by atoms with Crippen molar-refractivity contribution in [3.63, 3.8) is 0 Å². The van der Waals surface area contributed by atoms with E-state index in [0.717, 1.165) is 23.3 Å². The van der Waals surface area contributed by atoms with E-state index >= 15 is 0 Å². The van der Waals surface area contributed by atoms with Crippen molar-refractivity contribution in [3.8, 4) is 5.75 Å². The number of rotatable bonds is 7. The third-order valence-electron chi connectivity index (χ3n) is 3.66. The van der Waals surface area contributed by atoms with Crippen LogP contribution in [0.5, 0.6) is 5.75 Å². The Hall–Kier alpha value is -0.540. The van der Waals surface area contributed by atoms with Crippen LogP contribution in [0.2, 0.25) is 0 Å². The standard InChI is InChI=1S/C16H26BrNO/c1-11(2)15(12(3)4)10-18-9-13-8-14(19-5)6-7-16(13)17/h6-8,11-12,15,18H,9-10H2,1-5H3. The van der Waals surface area contributed by atoms with Crippen molar-refractivity contribution in [1.82, 2.24) is 5.32 Å². The fourth-order valence-electron chi connectivity index (χ4n) is 2.43. The van der Waals surface area contributed by atoms with Crippen molar-refractivity contribution in [3.05, 3.63) is 28.2 Å². The molecule has 0 aliphatic heterocycles. The first-order chi connectivity index (χ1) is 8.95. The van der Waals surface area contributed by atoms with Crippen LogP contribution in [0.1, 0.15) is 33.3 Å². The molecule has 3 heteroatoms. The number of ether oxygens (including phenoxy) is 1. The highest BCUT2D eigenvalue weighted by Gasteiger charge is 2.16. The third kappa shape index (κ3) is 5.15. The molecule has 0 saturated carbocycles. The van der Waals surface area contributed by atoms with Gasteiger partial charge in [-0.2, -0.15) is 0 Å². The van der Waals surface area contributed by atoms with Crippen LogP contribution in [0.15, 0.2) is 22.7 Å². The van der Waals surface area contributed by atoms with Crippen LogP contribution in [-0.2, 0) is 6.54 Å². The quantitative estimate of drug-likeness (QED) is 0.797. The zero-order valence-corrected chi connectivity index (χ0v) is 14.3. The molecule has 0 spiro atoms. The molecule has 0 aliphatic rings. The lowest BCUT2D eigenvalue weighted by molar-refractivity contribution is 0.275. The summed E-state index contributed by atoms with van der Waals surface area (Å²) in [5, 5.41) is 3.57. The lowest BCUT2D eigenvalue weighted by Crippen LogP contribution is -2.29. The van der Waals surface area contributed by atoms with Gasteiger partial charge < -0.3 is 10.1 Å². The summed E-state index contributed by atoms with van der Waals surface area (Å²) in [4.78, 5) is 0. The lowest BCUT2D eigenvalue weighted by atomic mass is 9.85. The Morgan fingerprint density at radius 2 is 1.79 bits per heavy atom. The average Bonchev–Trinajstić information content (AvgIpc) is 2.35. The lowest BCUT2D eigenvalue weighted by Gasteiger charge is -2.25. The molecule has 0 radical (unpaired) electrons. The zero-order chi connectivity index (χ0) is 14.4. The Bertz CT molecular complexity index is 382. The molecule has 1 aromatic carbocycles. The molecule has 108 valence electrons. The van der Waals surface area contributed by atoms with Gasteiger partial charge in [0.05, 0.1) is 7.11 Å². The van der Waals surface area contributed by atoms with Gasteiger partial charge in [-0.15, -0.1) is 0 Å². The first-order valence-electron chi connectivity index (χ1n) is 6.98. The van der Waals surface area contributed by atoms with Crippen LogP contribution < -0.4 is 10.1 Å². The first-order valence-corrected chi connectivity index (χ1v) is 7.78. The minimum absolute atomic E-state index is 0.709. The fourth-order valence-corrected chi connectivity index (χ4v) is 2.82. The maximum Gasteiger partial charge on any atom is 0.119 e. The second kappa shape index (κ2) is 7.91. The van der Waals surface area contributed by atoms with Crippen molar-refractivity contribution in [2.75, 3.05) is 13.7 Å². The number of hydrogen-bond acceptors (Lipinski definition) is 2. The Morgan fingerprint density at radius 1 is 1.16 bits per heavy atom. The topological polar surface area (TPSA) is 21.3 Å². The SMILES string of the molecule is COc1ccc(Br)c(CNCC(C(C)C)C(C)C)c1. The Kier molecular flexibility index (Phi) is 6.87.